The molecule has 0 heterocycles. The van der Waals surface area contributed by atoms with Crippen LogP contribution >= 0.6 is 15.9 Å². The van der Waals surface area contributed by atoms with Crippen molar-refractivity contribution >= 4 is 21.7 Å². The Morgan fingerprint density at radius 1 is 1.16 bits per heavy atom. The van der Waals surface area contributed by atoms with Crippen LogP contribution in [-0.2, 0) is 11.3 Å². The van der Waals surface area contributed by atoms with E-state index < -0.39 is 5.82 Å². The first kappa shape index (κ1) is 13.9. The number of ketones is 1. The molecule has 0 unspecified atom stereocenters. The summed E-state index contributed by atoms with van der Waals surface area (Å²) in [5.41, 5.74) is 1.29. The molecule has 4 heteroatoms. The van der Waals surface area contributed by atoms with E-state index in [2.05, 4.69) is 15.9 Å². The van der Waals surface area contributed by atoms with E-state index in [1.807, 2.05) is 24.3 Å². The second-order valence-corrected chi connectivity index (χ2v) is 4.87. The van der Waals surface area contributed by atoms with Gasteiger partial charge in [0.25, 0.3) is 0 Å². The topological polar surface area (TPSA) is 26.3 Å². The molecule has 0 saturated carbocycles. The highest BCUT2D eigenvalue weighted by Gasteiger charge is 2.07. The molecule has 0 saturated heterocycles. The van der Waals surface area contributed by atoms with Crippen molar-refractivity contribution in [2.75, 3.05) is 6.61 Å². The summed E-state index contributed by atoms with van der Waals surface area (Å²) >= 11 is 3.40. The summed E-state index contributed by atoms with van der Waals surface area (Å²) < 4.78 is 19.3. The van der Waals surface area contributed by atoms with Gasteiger partial charge in [-0.05, 0) is 23.8 Å². The average molecular weight is 323 g/mol. The van der Waals surface area contributed by atoms with Crippen molar-refractivity contribution in [2.24, 2.45) is 0 Å². The quantitative estimate of drug-likeness (QED) is 0.778. The highest BCUT2D eigenvalue weighted by molar-refractivity contribution is 9.10. The molecule has 0 amide bonds. The van der Waals surface area contributed by atoms with Gasteiger partial charge in [-0.1, -0.05) is 46.3 Å². The Morgan fingerprint density at radius 2 is 1.95 bits per heavy atom. The lowest BCUT2D eigenvalue weighted by molar-refractivity contribution is 0.0725. The lowest BCUT2D eigenvalue weighted by Gasteiger charge is -2.06. The maximum absolute atomic E-state index is 13.0. The number of halogens is 2. The number of hydrogen-bond acceptors (Lipinski definition) is 2. The summed E-state index contributed by atoms with van der Waals surface area (Å²) in [7, 11) is 0. The van der Waals surface area contributed by atoms with E-state index in [9.17, 15) is 9.18 Å². The smallest absolute Gasteiger partial charge is 0.188 e. The molecular weight excluding hydrogens is 311 g/mol. The van der Waals surface area contributed by atoms with Crippen LogP contribution < -0.4 is 0 Å². The van der Waals surface area contributed by atoms with Crippen molar-refractivity contribution < 1.29 is 13.9 Å². The Hall–Kier alpha value is -1.52. The predicted octanol–water partition coefficient (Wildman–Crippen LogP) is 3.99. The van der Waals surface area contributed by atoms with Crippen LogP contribution in [0.2, 0.25) is 0 Å². The van der Waals surface area contributed by atoms with Gasteiger partial charge in [0, 0.05) is 10.0 Å². The van der Waals surface area contributed by atoms with Crippen molar-refractivity contribution in [2.45, 2.75) is 6.61 Å². The Kier molecular flexibility index (Phi) is 4.82. The second-order valence-electron chi connectivity index (χ2n) is 4.02. The zero-order valence-electron chi connectivity index (χ0n) is 10.1. The number of rotatable bonds is 5. The van der Waals surface area contributed by atoms with Crippen LogP contribution in [0.1, 0.15) is 15.9 Å². The fourth-order valence-electron chi connectivity index (χ4n) is 1.61. The summed E-state index contributed by atoms with van der Waals surface area (Å²) in [6.45, 7) is 0.271. The molecule has 2 nitrogen and oxygen atoms in total. The molecule has 0 radical (unpaired) electrons. The van der Waals surface area contributed by atoms with Gasteiger partial charge in [0.05, 0.1) is 6.61 Å². The first-order valence-electron chi connectivity index (χ1n) is 5.77. The summed E-state index contributed by atoms with van der Waals surface area (Å²) in [4.78, 5) is 11.8. The number of hydrogen-bond donors (Lipinski definition) is 0. The Bertz CT molecular complexity index is 584. The SMILES string of the molecule is O=C(COCc1ccccc1Br)c1cccc(F)c1. The highest BCUT2D eigenvalue weighted by atomic mass is 79.9. The monoisotopic (exact) mass is 322 g/mol. The predicted molar refractivity (Wildman–Crippen MR) is 74.5 cm³/mol. The molecule has 0 aromatic heterocycles. The molecule has 2 aromatic rings. The number of Topliss-reactive ketones (excluding diaryl/α,β-unsaturated/α-hetero) is 1. The number of carbonyl (C=O) groups is 1. The van der Waals surface area contributed by atoms with Crippen LogP contribution in [0.4, 0.5) is 4.39 Å². The van der Waals surface area contributed by atoms with E-state index in [1.165, 1.54) is 18.2 Å². The number of carbonyl (C=O) groups excluding carboxylic acids is 1. The lowest BCUT2D eigenvalue weighted by atomic mass is 10.1. The van der Waals surface area contributed by atoms with Gasteiger partial charge in [0.2, 0.25) is 0 Å². The van der Waals surface area contributed by atoms with Gasteiger partial charge in [-0.15, -0.1) is 0 Å². The van der Waals surface area contributed by atoms with Crippen molar-refractivity contribution in [3.63, 3.8) is 0 Å². The highest BCUT2D eigenvalue weighted by Crippen LogP contribution is 2.16. The van der Waals surface area contributed by atoms with Gasteiger partial charge in [-0.3, -0.25) is 4.79 Å². The van der Waals surface area contributed by atoms with E-state index in [1.54, 1.807) is 6.07 Å². The zero-order chi connectivity index (χ0) is 13.7. The van der Waals surface area contributed by atoms with Crippen LogP contribution in [0, 0.1) is 5.82 Å². The van der Waals surface area contributed by atoms with Gasteiger partial charge in [0.1, 0.15) is 12.4 Å². The summed E-state index contributed by atoms with van der Waals surface area (Å²) in [5, 5.41) is 0. The standard InChI is InChI=1S/C15H12BrFO2/c16-14-7-2-1-4-12(14)9-19-10-15(18)11-5-3-6-13(17)8-11/h1-8H,9-10H2. The lowest BCUT2D eigenvalue weighted by Crippen LogP contribution is -2.09. The Morgan fingerprint density at radius 3 is 2.68 bits per heavy atom. The molecule has 98 valence electrons. The van der Waals surface area contributed by atoms with Gasteiger partial charge in [0.15, 0.2) is 5.78 Å². The van der Waals surface area contributed by atoms with E-state index in [0.717, 1.165) is 10.0 Å². The minimum atomic E-state index is -0.420. The molecule has 0 spiro atoms. The maximum Gasteiger partial charge on any atom is 0.188 e. The van der Waals surface area contributed by atoms with Crippen molar-refractivity contribution in [3.8, 4) is 0 Å². The molecule has 0 aliphatic carbocycles. The Balaban J connectivity index is 1.90. The third-order valence-corrected chi connectivity index (χ3v) is 3.37. The number of benzene rings is 2. The van der Waals surface area contributed by atoms with Crippen LogP contribution in [0.25, 0.3) is 0 Å². The minimum absolute atomic E-state index is 0.0647. The molecule has 0 atom stereocenters. The van der Waals surface area contributed by atoms with Gasteiger partial charge in [-0.2, -0.15) is 0 Å². The minimum Gasteiger partial charge on any atom is -0.369 e. The summed E-state index contributed by atoms with van der Waals surface area (Å²) in [5.74, 6) is -0.650. The Labute approximate surface area is 119 Å². The van der Waals surface area contributed by atoms with Gasteiger partial charge < -0.3 is 4.74 Å². The molecule has 0 N–H and O–H groups in total. The molecule has 19 heavy (non-hydrogen) atoms. The van der Waals surface area contributed by atoms with Crippen molar-refractivity contribution in [1.82, 2.24) is 0 Å². The van der Waals surface area contributed by atoms with E-state index in [-0.39, 0.29) is 12.4 Å². The average Bonchev–Trinajstić information content (AvgIpc) is 2.41. The van der Waals surface area contributed by atoms with E-state index in [4.69, 9.17) is 4.74 Å². The largest absolute Gasteiger partial charge is 0.369 e. The molecule has 0 aliphatic rings. The molecule has 0 aliphatic heterocycles. The molecule has 2 aromatic carbocycles. The van der Waals surface area contributed by atoms with Crippen LogP contribution in [0.3, 0.4) is 0 Å². The number of ether oxygens (including phenoxy) is 1. The third kappa shape index (κ3) is 3.98. The van der Waals surface area contributed by atoms with Crippen molar-refractivity contribution in [3.05, 3.63) is 69.9 Å². The molecule has 0 fully saturated rings. The molecular formula is C15H12BrFO2. The molecule has 2 rings (SSSR count). The van der Waals surface area contributed by atoms with E-state index >= 15 is 0 Å². The van der Waals surface area contributed by atoms with Crippen LogP contribution in [0.15, 0.2) is 53.0 Å². The van der Waals surface area contributed by atoms with E-state index in [0.29, 0.717) is 12.2 Å². The first-order valence-corrected chi connectivity index (χ1v) is 6.56. The second kappa shape index (κ2) is 6.59. The first-order chi connectivity index (χ1) is 9.16. The third-order valence-electron chi connectivity index (χ3n) is 2.60. The van der Waals surface area contributed by atoms with Gasteiger partial charge in [-0.25, -0.2) is 4.39 Å². The van der Waals surface area contributed by atoms with Gasteiger partial charge >= 0.3 is 0 Å². The van der Waals surface area contributed by atoms with Crippen molar-refractivity contribution in [1.29, 1.82) is 0 Å². The maximum atomic E-state index is 13.0. The summed E-state index contributed by atoms with van der Waals surface area (Å²) in [6, 6.07) is 13.2. The fourth-order valence-corrected chi connectivity index (χ4v) is 2.01. The van der Waals surface area contributed by atoms with Crippen LogP contribution in [0.5, 0.6) is 0 Å². The molecule has 0 bridgehead atoms. The summed E-state index contributed by atoms with van der Waals surface area (Å²) in [6.07, 6.45) is 0. The fraction of sp³-hybridized carbons (Fsp3) is 0.133. The zero-order valence-corrected chi connectivity index (χ0v) is 11.7. The normalized spacial score (nSPS) is 10.4. The van der Waals surface area contributed by atoms with Crippen LogP contribution in [-0.4, -0.2) is 12.4 Å².